The fraction of sp³-hybridized carbons (Fsp3) is 0.200. The molecule has 3 aromatic rings. The Morgan fingerprint density at radius 1 is 1.38 bits per heavy atom. The summed E-state index contributed by atoms with van der Waals surface area (Å²) in [6, 6.07) is 4.25. The van der Waals surface area contributed by atoms with Gasteiger partial charge in [-0.3, -0.25) is 14.9 Å². The zero-order chi connectivity index (χ0) is 18.8. The Morgan fingerprint density at radius 2 is 2.15 bits per heavy atom. The molecule has 0 fully saturated rings. The summed E-state index contributed by atoms with van der Waals surface area (Å²) in [7, 11) is 1.68. The molecule has 2 N–H and O–H groups in total. The Kier molecular flexibility index (Phi) is 4.71. The van der Waals surface area contributed by atoms with E-state index in [0.29, 0.717) is 22.3 Å². The van der Waals surface area contributed by atoms with E-state index >= 15 is 0 Å². The van der Waals surface area contributed by atoms with Crippen LogP contribution in [0.25, 0.3) is 0 Å². The van der Waals surface area contributed by atoms with Gasteiger partial charge in [-0.05, 0) is 23.9 Å². The molecule has 0 radical (unpaired) electrons. The Hall–Kier alpha value is -3.21. The predicted octanol–water partition coefficient (Wildman–Crippen LogP) is 1.58. The van der Waals surface area contributed by atoms with Crippen molar-refractivity contribution in [3.63, 3.8) is 0 Å². The molecule has 0 spiro atoms. The maximum absolute atomic E-state index is 12.5. The fourth-order valence-electron chi connectivity index (χ4n) is 2.32. The second-order valence-electron chi connectivity index (χ2n) is 5.35. The lowest BCUT2D eigenvalue weighted by Crippen LogP contribution is -2.13. The van der Waals surface area contributed by atoms with Crippen molar-refractivity contribution in [2.45, 2.75) is 23.4 Å². The summed E-state index contributed by atoms with van der Waals surface area (Å²) in [6.07, 6.45) is 3.71. The Morgan fingerprint density at radius 3 is 2.73 bits per heavy atom. The van der Waals surface area contributed by atoms with Gasteiger partial charge in [0.15, 0.2) is 11.6 Å². The molecule has 0 aliphatic rings. The van der Waals surface area contributed by atoms with E-state index in [9.17, 15) is 14.9 Å². The maximum atomic E-state index is 12.5. The molecular formula is C15H15N7O3S. The quantitative estimate of drug-likeness (QED) is 0.298. The predicted molar refractivity (Wildman–Crippen MR) is 93.4 cm³/mol. The number of rotatable bonds is 6. The van der Waals surface area contributed by atoms with Crippen LogP contribution in [0.1, 0.15) is 28.9 Å². The van der Waals surface area contributed by atoms with E-state index in [0.717, 1.165) is 11.8 Å². The monoisotopic (exact) mass is 373 g/mol. The molecule has 10 nitrogen and oxygen atoms in total. The number of aromatic nitrogens is 5. The van der Waals surface area contributed by atoms with E-state index in [1.807, 2.05) is 6.92 Å². The van der Waals surface area contributed by atoms with E-state index in [4.69, 9.17) is 5.84 Å². The standard InChI is InChI=1S/C15H15N7O3S/c1-3-12-18-19-15(21(12)16)26-11-5-4-9(8-10(11)22(24)25)13(23)14-17-6-7-20(14)2/h4-8H,3,16H2,1-2H3. The van der Waals surface area contributed by atoms with Gasteiger partial charge in [0.2, 0.25) is 10.9 Å². The van der Waals surface area contributed by atoms with Crippen LogP contribution < -0.4 is 5.84 Å². The average Bonchev–Trinajstić information content (AvgIpc) is 3.20. The molecule has 2 heterocycles. The highest BCUT2D eigenvalue weighted by Gasteiger charge is 2.22. The van der Waals surface area contributed by atoms with Crippen LogP contribution >= 0.6 is 11.8 Å². The molecular weight excluding hydrogens is 358 g/mol. The van der Waals surface area contributed by atoms with Gasteiger partial charge in [-0.25, -0.2) is 9.66 Å². The topological polar surface area (TPSA) is 135 Å². The Bertz CT molecular complexity index is 995. The first-order chi connectivity index (χ1) is 12.4. The minimum atomic E-state index is -0.546. The number of imidazole rings is 1. The van der Waals surface area contributed by atoms with Gasteiger partial charge in [0.1, 0.15) is 0 Å². The van der Waals surface area contributed by atoms with E-state index < -0.39 is 10.7 Å². The van der Waals surface area contributed by atoms with Gasteiger partial charge in [0, 0.05) is 37.5 Å². The zero-order valence-electron chi connectivity index (χ0n) is 14.0. The number of hydrogen-bond acceptors (Lipinski definition) is 8. The van der Waals surface area contributed by atoms with Crippen molar-refractivity contribution < 1.29 is 9.72 Å². The van der Waals surface area contributed by atoms with Crippen LogP contribution in [-0.2, 0) is 13.5 Å². The molecule has 0 aliphatic heterocycles. The molecule has 3 rings (SSSR count). The minimum Gasteiger partial charge on any atom is -0.336 e. The molecule has 26 heavy (non-hydrogen) atoms. The highest BCUT2D eigenvalue weighted by atomic mass is 32.2. The number of nitrogens with zero attached hydrogens (tertiary/aromatic N) is 6. The minimum absolute atomic E-state index is 0.179. The molecule has 1 aromatic carbocycles. The molecule has 11 heteroatoms. The normalized spacial score (nSPS) is 10.8. The number of aryl methyl sites for hydroxylation is 2. The molecule has 0 saturated carbocycles. The zero-order valence-corrected chi connectivity index (χ0v) is 14.8. The molecule has 0 saturated heterocycles. The number of benzene rings is 1. The number of carbonyl (C=O) groups is 1. The van der Waals surface area contributed by atoms with Crippen LogP contribution in [-0.4, -0.2) is 35.1 Å². The lowest BCUT2D eigenvalue weighted by molar-refractivity contribution is -0.387. The fourth-order valence-corrected chi connectivity index (χ4v) is 3.17. The third kappa shape index (κ3) is 3.16. The van der Waals surface area contributed by atoms with Gasteiger partial charge in [-0.1, -0.05) is 6.92 Å². The Balaban J connectivity index is 1.97. The highest BCUT2D eigenvalue weighted by Crippen LogP contribution is 2.34. The van der Waals surface area contributed by atoms with Gasteiger partial charge < -0.3 is 10.4 Å². The number of ketones is 1. The summed E-state index contributed by atoms with van der Waals surface area (Å²) in [6.45, 7) is 1.88. The summed E-state index contributed by atoms with van der Waals surface area (Å²) in [4.78, 5) is 27.7. The number of nitro groups is 1. The van der Waals surface area contributed by atoms with Crippen molar-refractivity contribution >= 4 is 23.2 Å². The van der Waals surface area contributed by atoms with Crippen molar-refractivity contribution in [1.82, 2.24) is 24.4 Å². The molecule has 0 bridgehead atoms. The van der Waals surface area contributed by atoms with Crippen LogP contribution in [0.5, 0.6) is 0 Å². The SMILES string of the molecule is CCc1nnc(Sc2ccc(C(=O)c3nccn3C)cc2[N+](=O)[O-])n1N. The molecule has 0 aliphatic carbocycles. The van der Waals surface area contributed by atoms with Crippen molar-refractivity contribution in [3.8, 4) is 0 Å². The van der Waals surface area contributed by atoms with Crippen LogP contribution in [0, 0.1) is 10.1 Å². The lowest BCUT2D eigenvalue weighted by atomic mass is 10.1. The van der Waals surface area contributed by atoms with Crippen molar-refractivity contribution in [2.24, 2.45) is 7.05 Å². The molecule has 134 valence electrons. The third-order valence-electron chi connectivity index (χ3n) is 3.69. The van der Waals surface area contributed by atoms with Gasteiger partial charge in [0.25, 0.3) is 5.69 Å². The average molecular weight is 373 g/mol. The molecule has 0 unspecified atom stereocenters. The summed E-state index contributed by atoms with van der Waals surface area (Å²) in [5.41, 5.74) is -0.0325. The first-order valence-corrected chi connectivity index (χ1v) is 8.41. The summed E-state index contributed by atoms with van der Waals surface area (Å²) >= 11 is 1.02. The number of nitro benzene ring substituents is 1. The number of hydrogen-bond donors (Lipinski definition) is 1. The van der Waals surface area contributed by atoms with Crippen molar-refractivity contribution in [3.05, 3.63) is 57.9 Å². The van der Waals surface area contributed by atoms with E-state index in [1.54, 1.807) is 17.8 Å². The number of nitrogens with two attached hydrogens (primary N) is 1. The first-order valence-electron chi connectivity index (χ1n) is 7.60. The van der Waals surface area contributed by atoms with Crippen molar-refractivity contribution in [1.29, 1.82) is 0 Å². The first kappa shape index (κ1) is 17.6. The maximum Gasteiger partial charge on any atom is 0.284 e. The number of carbonyl (C=O) groups excluding carboxylic acids is 1. The summed E-state index contributed by atoms with van der Waals surface area (Å²) < 4.78 is 2.85. The van der Waals surface area contributed by atoms with Crippen LogP contribution in [0.3, 0.4) is 0 Å². The third-order valence-corrected chi connectivity index (χ3v) is 4.72. The smallest absolute Gasteiger partial charge is 0.284 e. The summed E-state index contributed by atoms with van der Waals surface area (Å²) in [5.74, 6) is 6.26. The lowest BCUT2D eigenvalue weighted by Gasteiger charge is -2.06. The molecule has 0 amide bonds. The second-order valence-corrected chi connectivity index (χ2v) is 6.36. The van der Waals surface area contributed by atoms with Crippen LogP contribution in [0.2, 0.25) is 0 Å². The van der Waals surface area contributed by atoms with E-state index in [-0.39, 0.29) is 17.1 Å². The molecule has 2 aromatic heterocycles. The van der Waals surface area contributed by atoms with E-state index in [2.05, 4.69) is 15.2 Å². The second kappa shape index (κ2) is 6.96. The van der Waals surface area contributed by atoms with Gasteiger partial charge in [0.05, 0.1) is 9.82 Å². The van der Waals surface area contributed by atoms with E-state index in [1.165, 1.54) is 29.1 Å². The Labute approximate surface area is 152 Å². The van der Waals surface area contributed by atoms with Gasteiger partial charge in [-0.15, -0.1) is 10.2 Å². The largest absolute Gasteiger partial charge is 0.336 e. The van der Waals surface area contributed by atoms with Crippen LogP contribution in [0.15, 0.2) is 40.6 Å². The van der Waals surface area contributed by atoms with Crippen LogP contribution in [0.4, 0.5) is 5.69 Å². The number of nitrogen functional groups attached to an aromatic ring is 1. The highest BCUT2D eigenvalue weighted by molar-refractivity contribution is 7.99. The van der Waals surface area contributed by atoms with Gasteiger partial charge >= 0.3 is 0 Å². The van der Waals surface area contributed by atoms with Gasteiger partial charge in [-0.2, -0.15) is 0 Å². The summed E-state index contributed by atoms with van der Waals surface area (Å²) in [5, 5.41) is 19.7. The van der Waals surface area contributed by atoms with Crippen molar-refractivity contribution in [2.75, 3.05) is 5.84 Å². The molecule has 0 atom stereocenters.